The van der Waals surface area contributed by atoms with Crippen LogP contribution in [0.5, 0.6) is 0 Å². The van der Waals surface area contributed by atoms with E-state index < -0.39 is 5.97 Å². The number of hydrogen-bond acceptors (Lipinski definition) is 3. The van der Waals surface area contributed by atoms with Gasteiger partial charge in [0.25, 0.3) is 0 Å². The molecular weight excluding hydrogens is 182 g/mol. The van der Waals surface area contributed by atoms with Crippen LogP contribution in [0.2, 0.25) is 0 Å². The summed E-state index contributed by atoms with van der Waals surface area (Å²) in [6.07, 6.45) is 1.41. The molecule has 0 atom stereocenters. The van der Waals surface area contributed by atoms with Gasteiger partial charge >= 0.3 is 5.97 Å². The lowest BCUT2D eigenvalue weighted by Crippen LogP contribution is -1.98. The molecule has 0 saturated carbocycles. The molecule has 0 bridgehead atoms. The fourth-order valence-electron chi connectivity index (χ4n) is 1.24. The van der Waals surface area contributed by atoms with Crippen LogP contribution in [0.4, 0.5) is 0 Å². The van der Waals surface area contributed by atoms with Gasteiger partial charge in [0.2, 0.25) is 0 Å². The minimum absolute atomic E-state index is 0.224. The van der Waals surface area contributed by atoms with Crippen molar-refractivity contribution in [3.05, 3.63) is 42.2 Å². The smallest absolute Gasteiger partial charge is 0.336 e. The molecule has 2 rings (SSSR count). The zero-order chi connectivity index (χ0) is 9.97. The third-order valence-corrected chi connectivity index (χ3v) is 1.87. The quantitative estimate of drug-likeness (QED) is 0.785. The SMILES string of the molecule is O=C(O)c1ccccc1-c1ccon1. The summed E-state index contributed by atoms with van der Waals surface area (Å²) in [5.41, 5.74) is 1.32. The topological polar surface area (TPSA) is 63.3 Å². The second kappa shape index (κ2) is 3.33. The number of aromatic nitrogens is 1. The van der Waals surface area contributed by atoms with E-state index in [9.17, 15) is 4.79 Å². The summed E-state index contributed by atoms with van der Waals surface area (Å²) >= 11 is 0. The average Bonchev–Trinajstić information content (AvgIpc) is 2.70. The van der Waals surface area contributed by atoms with Gasteiger partial charge in [0.1, 0.15) is 12.0 Å². The van der Waals surface area contributed by atoms with Crippen LogP contribution in [0.1, 0.15) is 10.4 Å². The molecule has 0 aliphatic heterocycles. The van der Waals surface area contributed by atoms with Gasteiger partial charge in [-0.1, -0.05) is 23.4 Å². The van der Waals surface area contributed by atoms with Crippen LogP contribution in [0, 0.1) is 0 Å². The van der Waals surface area contributed by atoms with Gasteiger partial charge in [-0.15, -0.1) is 0 Å². The van der Waals surface area contributed by atoms with Crippen molar-refractivity contribution in [1.29, 1.82) is 0 Å². The van der Waals surface area contributed by atoms with Crippen LogP contribution < -0.4 is 0 Å². The maximum absolute atomic E-state index is 10.9. The average molecular weight is 189 g/mol. The lowest BCUT2D eigenvalue weighted by molar-refractivity contribution is 0.0697. The van der Waals surface area contributed by atoms with Gasteiger partial charge in [0.15, 0.2) is 0 Å². The molecule has 0 unspecified atom stereocenters. The van der Waals surface area contributed by atoms with Crippen LogP contribution in [0.25, 0.3) is 11.3 Å². The number of hydrogen-bond donors (Lipinski definition) is 1. The zero-order valence-corrected chi connectivity index (χ0v) is 7.18. The van der Waals surface area contributed by atoms with Crippen molar-refractivity contribution in [2.45, 2.75) is 0 Å². The molecule has 1 aromatic carbocycles. The third-order valence-electron chi connectivity index (χ3n) is 1.87. The molecule has 1 heterocycles. The summed E-state index contributed by atoms with van der Waals surface area (Å²) in [6.45, 7) is 0. The van der Waals surface area contributed by atoms with E-state index in [1.165, 1.54) is 12.3 Å². The predicted molar refractivity (Wildman–Crippen MR) is 48.9 cm³/mol. The van der Waals surface area contributed by atoms with Crippen LogP contribution in [-0.4, -0.2) is 16.2 Å². The van der Waals surface area contributed by atoms with Crippen molar-refractivity contribution < 1.29 is 14.4 Å². The Bertz CT molecular complexity index is 448. The van der Waals surface area contributed by atoms with Crippen LogP contribution in [0.15, 0.2) is 41.1 Å². The van der Waals surface area contributed by atoms with E-state index in [-0.39, 0.29) is 5.56 Å². The normalized spacial score (nSPS) is 10.0. The minimum Gasteiger partial charge on any atom is -0.478 e. The summed E-state index contributed by atoms with van der Waals surface area (Å²) in [5.74, 6) is -0.969. The Hall–Kier alpha value is -2.10. The lowest BCUT2D eigenvalue weighted by Gasteiger charge is -2.00. The van der Waals surface area contributed by atoms with Gasteiger partial charge in [-0.3, -0.25) is 0 Å². The van der Waals surface area contributed by atoms with E-state index in [2.05, 4.69) is 9.68 Å². The van der Waals surface area contributed by atoms with Crippen molar-refractivity contribution in [2.75, 3.05) is 0 Å². The van der Waals surface area contributed by atoms with Gasteiger partial charge in [-0.2, -0.15) is 0 Å². The number of carbonyl (C=O) groups is 1. The number of carboxylic acids is 1. The number of carboxylic acid groups (broad SMARTS) is 1. The predicted octanol–water partition coefficient (Wildman–Crippen LogP) is 2.04. The molecule has 1 aromatic heterocycles. The second-order valence-electron chi connectivity index (χ2n) is 2.74. The summed E-state index contributed by atoms with van der Waals surface area (Å²) in [5, 5.41) is 12.6. The van der Waals surface area contributed by atoms with Crippen molar-refractivity contribution in [3.8, 4) is 11.3 Å². The molecule has 14 heavy (non-hydrogen) atoms. The highest BCUT2D eigenvalue weighted by atomic mass is 16.5. The van der Waals surface area contributed by atoms with E-state index in [4.69, 9.17) is 5.11 Å². The van der Waals surface area contributed by atoms with Gasteiger partial charge in [0.05, 0.1) is 5.56 Å². The summed E-state index contributed by atoms with van der Waals surface area (Å²) in [4.78, 5) is 10.9. The molecule has 2 aromatic rings. The van der Waals surface area contributed by atoms with Crippen molar-refractivity contribution in [1.82, 2.24) is 5.16 Å². The van der Waals surface area contributed by atoms with E-state index in [0.29, 0.717) is 11.3 Å². The standard InChI is InChI=1S/C10H7NO3/c12-10(13)8-4-2-1-3-7(8)9-5-6-14-11-9/h1-6H,(H,12,13). The van der Waals surface area contributed by atoms with Crippen molar-refractivity contribution >= 4 is 5.97 Å². The van der Waals surface area contributed by atoms with Crippen LogP contribution >= 0.6 is 0 Å². The summed E-state index contributed by atoms with van der Waals surface area (Å²) in [6, 6.07) is 8.29. The molecule has 0 aliphatic carbocycles. The number of benzene rings is 1. The van der Waals surface area contributed by atoms with Crippen LogP contribution in [-0.2, 0) is 0 Å². The molecule has 0 fully saturated rings. The number of nitrogens with zero attached hydrogens (tertiary/aromatic N) is 1. The zero-order valence-electron chi connectivity index (χ0n) is 7.18. The Morgan fingerprint density at radius 3 is 2.71 bits per heavy atom. The lowest BCUT2D eigenvalue weighted by atomic mass is 10.1. The maximum Gasteiger partial charge on any atom is 0.336 e. The Morgan fingerprint density at radius 2 is 2.07 bits per heavy atom. The first kappa shape index (κ1) is 8.50. The van der Waals surface area contributed by atoms with Crippen molar-refractivity contribution in [3.63, 3.8) is 0 Å². The van der Waals surface area contributed by atoms with Gasteiger partial charge in [-0.05, 0) is 6.07 Å². The highest BCUT2D eigenvalue weighted by Crippen LogP contribution is 2.21. The van der Waals surface area contributed by atoms with E-state index in [0.717, 1.165) is 0 Å². The molecule has 4 nitrogen and oxygen atoms in total. The van der Waals surface area contributed by atoms with Gasteiger partial charge in [-0.25, -0.2) is 4.79 Å². The molecule has 0 saturated heterocycles. The highest BCUT2D eigenvalue weighted by molar-refractivity contribution is 5.95. The summed E-state index contributed by atoms with van der Waals surface area (Å²) < 4.78 is 4.66. The molecule has 0 spiro atoms. The maximum atomic E-state index is 10.9. The molecule has 70 valence electrons. The summed E-state index contributed by atoms with van der Waals surface area (Å²) in [7, 11) is 0. The Morgan fingerprint density at radius 1 is 1.29 bits per heavy atom. The molecule has 4 heteroatoms. The Labute approximate surface area is 79.8 Å². The van der Waals surface area contributed by atoms with Gasteiger partial charge in [0, 0.05) is 11.6 Å². The first-order valence-corrected chi connectivity index (χ1v) is 4.02. The monoisotopic (exact) mass is 189 g/mol. The first-order valence-electron chi connectivity index (χ1n) is 4.02. The Kier molecular flexibility index (Phi) is 2.02. The number of rotatable bonds is 2. The highest BCUT2D eigenvalue weighted by Gasteiger charge is 2.12. The third kappa shape index (κ3) is 1.37. The molecule has 0 aliphatic rings. The first-order chi connectivity index (χ1) is 6.79. The van der Waals surface area contributed by atoms with Crippen molar-refractivity contribution in [2.24, 2.45) is 0 Å². The minimum atomic E-state index is -0.969. The fourth-order valence-corrected chi connectivity index (χ4v) is 1.24. The van der Waals surface area contributed by atoms with E-state index in [1.807, 2.05) is 0 Å². The number of aromatic carboxylic acids is 1. The van der Waals surface area contributed by atoms with E-state index in [1.54, 1.807) is 24.3 Å². The molecule has 0 radical (unpaired) electrons. The Balaban J connectivity index is 2.58. The van der Waals surface area contributed by atoms with E-state index >= 15 is 0 Å². The fraction of sp³-hybridized carbons (Fsp3) is 0. The second-order valence-corrected chi connectivity index (χ2v) is 2.74. The molecule has 0 amide bonds. The largest absolute Gasteiger partial charge is 0.478 e. The molecular formula is C10H7NO3. The van der Waals surface area contributed by atoms with Gasteiger partial charge < -0.3 is 9.63 Å². The van der Waals surface area contributed by atoms with Crippen LogP contribution in [0.3, 0.4) is 0 Å². The molecule has 1 N–H and O–H groups in total.